The lowest BCUT2D eigenvalue weighted by Gasteiger charge is -2.25. The summed E-state index contributed by atoms with van der Waals surface area (Å²) in [5.74, 6) is -1.46. The predicted octanol–water partition coefficient (Wildman–Crippen LogP) is 1.12. The van der Waals surface area contributed by atoms with Gasteiger partial charge >= 0.3 is 6.18 Å². The quantitative estimate of drug-likeness (QED) is 0.906. The molecule has 1 heterocycles. The molecule has 118 valence electrons. The summed E-state index contributed by atoms with van der Waals surface area (Å²) in [5, 5.41) is 6.32. The molecule has 0 spiro atoms. The van der Waals surface area contributed by atoms with E-state index in [0.717, 1.165) is 4.90 Å². The molecule has 2 amide bonds. The molecule has 0 radical (unpaired) electrons. The number of aryl methyl sites for hydroxylation is 2. The summed E-state index contributed by atoms with van der Waals surface area (Å²) >= 11 is 0. The minimum atomic E-state index is -4.59. The molecule has 1 N–H and O–H groups in total. The van der Waals surface area contributed by atoms with Crippen LogP contribution in [0.2, 0.25) is 0 Å². The van der Waals surface area contributed by atoms with Crippen LogP contribution < -0.4 is 0 Å². The highest BCUT2D eigenvalue weighted by Crippen LogP contribution is 2.20. The highest BCUT2D eigenvalue weighted by Gasteiger charge is 2.35. The van der Waals surface area contributed by atoms with Crippen LogP contribution in [0.5, 0.6) is 0 Å². The summed E-state index contributed by atoms with van der Waals surface area (Å²) in [4.78, 5) is 25.5. The normalized spacial score (nSPS) is 11.4. The van der Waals surface area contributed by atoms with Crippen molar-refractivity contribution in [3.63, 3.8) is 0 Å². The fraction of sp³-hybridized carbons (Fsp3) is 0.583. The van der Waals surface area contributed by atoms with Crippen molar-refractivity contribution in [2.24, 2.45) is 0 Å². The second-order valence-corrected chi connectivity index (χ2v) is 4.87. The number of rotatable bonds is 4. The molecular formula is C12H17F3N4O2. The molecule has 0 aliphatic rings. The Morgan fingerprint density at radius 2 is 1.81 bits per heavy atom. The maximum absolute atomic E-state index is 12.6. The van der Waals surface area contributed by atoms with Crippen molar-refractivity contribution in [1.29, 1.82) is 0 Å². The average molecular weight is 306 g/mol. The number of carbonyl (C=O) groups excluding carboxylic acids is 2. The fourth-order valence-corrected chi connectivity index (χ4v) is 1.74. The molecular weight excluding hydrogens is 289 g/mol. The van der Waals surface area contributed by atoms with Crippen molar-refractivity contribution in [1.82, 2.24) is 20.0 Å². The topological polar surface area (TPSA) is 69.3 Å². The highest BCUT2D eigenvalue weighted by atomic mass is 19.4. The zero-order chi connectivity index (χ0) is 16.4. The third-order valence-electron chi connectivity index (χ3n) is 2.82. The zero-order valence-corrected chi connectivity index (χ0v) is 12.2. The molecule has 1 aromatic heterocycles. The van der Waals surface area contributed by atoms with Crippen molar-refractivity contribution in [3.05, 3.63) is 17.0 Å². The van der Waals surface area contributed by atoms with Gasteiger partial charge in [-0.25, -0.2) is 0 Å². The second-order valence-electron chi connectivity index (χ2n) is 4.87. The molecule has 0 aliphatic carbocycles. The number of hydrogen-bond donors (Lipinski definition) is 1. The Labute approximate surface area is 119 Å². The van der Waals surface area contributed by atoms with E-state index in [1.54, 1.807) is 0 Å². The van der Waals surface area contributed by atoms with Gasteiger partial charge < -0.3 is 9.80 Å². The summed E-state index contributed by atoms with van der Waals surface area (Å²) in [6.07, 6.45) is -4.59. The van der Waals surface area contributed by atoms with Crippen molar-refractivity contribution in [3.8, 4) is 0 Å². The summed E-state index contributed by atoms with van der Waals surface area (Å²) in [5.41, 5.74) is 0.717. The van der Waals surface area contributed by atoms with Crippen molar-refractivity contribution < 1.29 is 22.8 Å². The SMILES string of the molecule is Cc1n[nH]c(C)c1C(=O)N(CC(=O)N(C)C)CC(F)(F)F. The van der Waals surface area contributed by atoms with Gasteiger partial charge in [0.2, 0.25) is 5.91 Å². The van der Waals surface area contributed by atoms with Crippen molar-refractivity contribution in [2.75, 3.05) is 27.2 Å². The maximum Gasteiger partial charge on any atom is 0.406 e. The largest absolute Gasteiger partial charge is 0.406 e. The summed E-state index contributed by atoms with van der Waals surface area (Å²) < 4.78 is 37.9. The molecule has 1 rings (SSSR count). The Morgan fingerprint density at radius 3 is 2.19 bits per heavy atom. The monoisotopic (exact) mass is 306 g/mol. The van der Waals surface area contributed by atoms with E-state index in [9.17, 15) is 22.8 Å². The van der Waals surface area contributed by atoms with Gasteiger partial charge in [-0.1, -0.05) is 0 Å². The van der Waals surface area contributed by atoms with E-state index in [2.05, 4.69) is 10.2 Å². The lowest BCUT2D eigenvalue weighted by molar-refractivity contribution is -0.146. The van der Waals surface area contributed by atoms with Crippen LogP contribution in [0.15, 0.2) is 0 Å². The molecule has 21 heavy (non-hydrogen) atoms. The molecule has 0 fully saturated rings. The van der Waals surface area contributed by atoms with Gasteiger partial charge in [0.15, 0.2) is 0 Å². The van der Waals surface area contributed by atoms with Gasteiger partial charge in [-0.05, 0) is 13.8 Å². The van der Waals surface area contributed by atoms with Crippen LogP contribution in [0, 0.1) is 13.8 Å². The van der Waals surface area contributed by atoms with Crippen LogP contribution >= 0.6 is 0 Å². The Balaban J connectivity index is 3.06. The molecule has 0 atom stereocenters. The van der Waals surface area contributed by atoms with Crippen molar-refractivity contribution in [2.45, 2.75) is 20.0 Å². The smallest absolute Gasteiger partial charge is 0.347 e. The predicted molar refractivity (Wildman–Crippen MR) is 68.7 cm³/mol. The molecule has 1 aromatic rings. The van der Waals surface area contributed by atoms with E-state index in [-0.39, 0.29) is 5.56 Å². The summed E-state index contributed by atoms with van der Waals surface area (Å²) in [6, 6.07) is 0. The third kappa shape index (κ3) is 4.47. The molecule has 0 unspecified atom stereocenters. The number of halogens is 3. The number of carbonyl (C=O) groups is 2. The molecule has 9 heteroatoms. The first-order valence-electron chi connectivity index (χ1n) is 6.10. The molecule has 0 aromatic carbocycles. The average Bonchev–Trinajstić information content (AvgIpc) is 2.65. The number of amides is 2. The van der Waals surface area contributed by atoms with Crippen molar-refractivity contribution >= 4 is 11.8 Å². The summed E-state index contributed by atoms with van der Waals surface area (Å²) in [7, 11) is 2.82. The number of nitrogens with zero attached hydrogens (tertiary/aromatic N) is 3. The van der Waals surface area contributed by atoms with Crippen LogP contribution in [-0.2, 0) is 4.79 Å². The Kier molecular flexibility index (Phi) is 4.97. The van der Waals surface area contributed by atoms with Crippen LogP contribution in [0.25, 0.3) is 0 Å². The molecule has 0 bridgehead atoms. The number of nitrogens with one attached hydrogen (secondary N) is 1. The number of aromatic amines is 1. The van der Waals surface area contributed by atoms with Crippen LogP contribution in [0.1, 0.15) is 21.7 Å². The first-order valence-corrected chi connectivity index (χ1v) is 6.10. The molecule has 0 aliphatic heterocycles. The van der Waals surface area contributed by atoms with Gasteiger partial charge in [0.25, 0.3) is 5.91 Å². The van der Waals surface area contributed by atoms with E-state index in [0.29, 0.717) is 16.3 Å². The number of aromatic nitrogens is 2. The maximum atomic E-state index is 12.6. The van der Waals surface area contributed by atoms with E-state index in [1.807, 2.05) is 0 Å². The molecule has 0 saturated heterocycles. The Hall–Kier alpha value is -2.06. The van der Waals surface area contributed by atoms with Crippen LogP contribution in [0.3, 0.4) is 0 Å². The Morgan fingerprint density at radius 1 is 1.24 bits per heavy atom. The number of hydrogen-bond acceptors (Lipinski definition) is 3. The lowest BCUT2D eigenvalue weighted by atomic mass is 10.1. The summed E-state index contributed by atoms with van der Waals surface area (Å²) in [6.45, 7) is 0.911. The van der Waals surface area contributed by atoms with Gasteiger partial charge in [0.1, 0.15) is 13.1 Å². The number of likely N-dealkylation sites (N-methyl/N-ethyl adjacent to an activating group) is 1. The minimum Gasteiger partial charge on any atom is -0.347 e. The van der Waals surface area contributed by atoms with Gasteiger partial charge in [0, 0.05) is 19.8 Å². The van der Waals surface area contributed by atoms with E-state index >= 15 is 0 Å². The first-order chi connectivity index (χ1) is 9.53. The van der Waals surface area contributed by atoms with Crippen LogP contribution in [-0.4, -0.2) is 65.2 Å². The Bertz CT molecular complexity index is 518. The highest BCUT2D eigenvalue weighted by molar-refractivity contribution is 5.98. The number of alkyl halides is 3. The fourth-order valence-electron chi connectivity index (χ4n) is 1.74. The van der Waals surface area contributed by atoms with E-state index in [1.165, 1.54) is 27.9 Å². The van der Waals surface area contributed by atoms with E-state index in [4.69, 9.17) is 0 Å². The van der Waals surface area contributed by atoms with E-state index < -0.39 is 31.1 Å². The van der Waals surface area contributed by atoms with Gasteiger partial charge in [-0.3, -0.25) is 14.7 Å². The minimum absolute atomic E-state index is 0.0609. The lowest BCUT2D eigenvalue weighted by Crippen LogP contribution is -2.45. The zero-order valence-electron chi connectivity index (χ0n) is 12.2. The standard InChI is InChI=1S/C12H17F3N4O2/c1-7-10(8(2)17-16-7)11(21)19(6-12(13,14)15)5-9(20)18(3)4/h5-6H2,1-4H3,(H,16,17). The third-order valence-corrected chi connectivity index (χ3v) is 2.82. The second kappa shape index (κ2) is 6.15. The van der Waals surface area contributed by atoms with Crippen LogP contribution in [0.4, 0.5) is 13.2 Å². The van der Waals surface area contributed by atoms with Gasteiger partial charge in [-0.15, -0.1) is 0 Å². The molecule has 6 nitrogen and oxygen atoms in total. The van der Waals surface area contributed by atoms with Gasteiger partial charge in [-0.2, -0.15) is 18.3 Å². The number of H-pyrrole nitrogens is 1. The van der Waals surface area contributed by atoms with Gasteiger partial charge in [0.05, 0.1) is 11.3 Å². The first kappa shape index (κ1) is 17.0. The molecule has 0 saturated carbocycles.